The maximum absolute atomic E-state index is 12.4. The van der Waals surface area contributed by atoms with Gasteiger partial charge in [0.25, 0.3) is 11.5 Å². The summed E-state index contributed by atoms with van der Waals surface area (Å²) < 4.78 is 6.95. The summed E-state index contributed by atoms with van der Waals surface area (Å²) in [5.74, 6) is 1.02. The monoisotopic (exact) mass is 436 g/mol. The van der Waals surface area contributed by atoms with Crippen LogP contribution in [0.2, 0.25) is 0 Å². The van der Waals surface area contributed by atoms with Gasteiger partial charge in [-0.3, -0.25) is 9.59 Å². The molecule has 2 N–H and O–H groups in total. The van der Waals surface area contributed by atoms with E-state index in [2.05, 4.69) is 32.1 Å². The van der Waals surface area contributed by atoms with Crippen molar-refractivity contribution in [2.75, 3.05) is 0 Å². The molecule has 0 fully saturated rings. The van der Waals surface area contributed by atoms with Crippen molar-refractivity contribution < 1.29 is 9.21 Å². The van der Waals surface area contributed by atoms with Gasteiger partial charge in [-0.1, -0.05) is 30.0 Å². The summed E-state index contributed by atoms with van der Waals surface area (Å²) in [6, 6.07) is 10.4. The molecule has 0 aliphatic heterocycles. The molecule has 0 spiro atoms. The summed E-state index contributed by atoms with van der Waals surface area (Å²) in [5.41, 5.74) is 0.463. The van der Waals surface area contributed by atoms with E-state index in [-0.39, 0.29) is 29.0 Å². The number of aromatic nitrogens is 5. The first kappa shape index (κ1) is 20.6. The number of benzene rings is 1. The van der Waals surface area contributed by atoms with Crippen LogP contribution >= 0.6 is 11.8 Å². The average Bonchev–Trinajstić information content (AvgIpc) is 3.43. The number of allylic oxidation sites excluding steroid dienone is 1. The number of nitrogens with zero attached hydrogens (tertiary/aromatic N) is 4. The highest BCUT2D eigenvalue weighted by Gasteiger charge is 2.19. The molecule has 1 atom stereocenters. The standard InChI is InChI=1S/C21H20N6O3S/c1-3-10-27-17(12-22-20(29)16-9-6-11-30-16)25-26-21(27)31-13(2)18-23-15-8-5-4-7-14(15)19(28)24-18/h3-9,11,13H,1,10,12H2,2H3,(H,22,29)(H,23,24,28)/t13-/m0/s1. The fourth-order valence-electron chi connectivity index (χ4n) is 3.01. The number of H-pyrrole nitrogens is 1. The van der Waals surface area contributed by atoms with Crippen molar-refractivity contribution in [3.8, 4) is 0 Å². The fourth-order valence-corrected chi connectivity index (χ4v) is 3.95. The van der Waals surface area contributed by atoms with Crippen molar-refractivity contribution in [1.29, 1.82) is 0 Å². The molecule has 1 aromatic carbocycles. The van der Waals surface area contributed by atoms with Crippen molar-refractivity contribution >= 4 is 28.6 Å². The van der Waals surface area contributed by atoms with Gasteiger partial charge in [-0.15, -0.1) is 16.8 Å². The molecule has 3 heterocycles. The van der Waals surface area contributed by atoms with Crippen LogP contribution in [-0.2, 0) is 13.1 Å². The Balaban J connectivity index is 1.53. The number of hydrogen-bond acceptors (Lipinski definition) is 7. The Kier molecular flexibility index (Phi) is 5.99. The number of aromatic amines is 1. The Morgan fingerprint density at radius 3 is 2.94 bits per heavy atom. The van der Waals surface area contributed by atoms with Crippen LogP contribution in [0.15, 0.2) is 69.7 Å². The van der Waals surface area contributed by atoms with Crippen LogP contribution in [0.5, 0.6) is 0 Å². The number of carbonyl (C=O) groups excluding carboxylic acids is 1. The first-order chi connectivity index (χ1) is 15.1. The number of furan rings is 1. The zero-order chi connectivity index (χ0) is 21.8. The lowest BCUT2D eigenvalue weighted by Crippen LogP contribution is -2.24. The van der Waals surface area contributed by atoms with E-state index in [1.54, 1.807) is 30.3 Å². The quantitative estimate of drug-likeness (QED) is 0.322. The van der Waals surface area contributed by atoms with Crippen LogP contribution in [0.4, 0.5) is 0 Å². The molecule has 0 unspecified atom stereocenters. The van der Waals surface area contributed by atoms with Gasteiger partial charge in [-0.05, 0) is 31.2 Å². The number of para-hydroxylation sites is 1. The highest BCUT2D eigenvalue weighted by molar-refractivity contribution is 7.99. The summed E-state index contributed by atoms with van der Waals surface area (Å²) in [7, 11) is 0. The topological polar surface area (TPSA) is 119 Å². The van der Waals surface area contributed by atoms with Gasteiger partial charge >= 0.3 is 0 Å². The van der Waals surface area contributed by atoms with Crippen LogP contribution in [0.3, 0.4) is 0 Å². The third-order valence-corrected chi connectivity index (χ3v) is 5.65. The SMILES string of the molecule is C=CCn1c(CNC(=O)c2ccco2)nnc1S[C@@H](C)c1nc2ccccc2c(=O)[nH]1. The van der Waals surface area contributed by atoms with E-state index in [4.69, 9.17) is 4.42 Å². The maximum atomic E-state index is 12.4. The molecule has 31 heavy (non-hydrogen) atoms. The summed E-state index contributed by atoms with van der Waals surface area (Å²) >= 11 is 1.41. The number of fused-ring (bicyclic) bond motifs is 1. The molecule has 3 aromatic heterocycles. The van der Waals surface area contributed by atoms with Crippen molar-refractivity contribution in [3.05, 3.63) is 83.1 Å². The van der Waals surface area contributed by atoms with Crippen molar-refractivity contribution in [2.45, 2.75) is 30.4 Å². The molecule has 0 bridgehead atoms. The van der Waals surface area contributed by atoms with E-state index >= 15 is 0 Å². The maximum Gasteiger partial charge on any atom is 0.287 e. The second-order valence-electron chi connectivity index (χ2n) is 6.69. The van der Waals surface area contributed by atoms with Crippen LogP contribution < -0.4 is 10.9 Å². The molecule has 0 saturated heterocycles. The second-order valence-corrected chi connectivity index (χ2v) is 7.99. The predicted octanol–water partition coefficient (Wildman–Crippen LogP) is 3.08. The van der Waals surface area contributed by atoms with E-state index < -0.39 is 0 Å². The fraction of sp³-hybridized carbons (Fsp3) is 0.190. The Morgan fingerprint density at radius 2 is 2.16 bits per heavy atom. The number of nitrogens with one attached hydrogen (secondary N) is 2. The molecule has 158 valence electrons. The first-order valence-electron chi connectivity index (χ1n) is 9.57. The summed E-state index contributed by atoms with van der Waals surface area (Å²) in [4.78, 5) is 31.9. The highest BCUT2D eigenvalue weighted by atomic mass is 32.2. The molecule has 9 nitrogen and oxygen atoms in total. The lowest BCUT2D eigenvalue weighted by molar-refractivity contribution is 0.0921. The van der Waals surface area contributed by atoms with E-state index in [9.17, 15) is 9.59 Å². The Labute approximate surface area is 181 Å². The number of rotatable bonds is 8. The van der Waals surface area contributed by atoms with Gasteiger partial charge in [0.15, 0.2) is 16.7 Å². The third kappa shape index (κ3) is 4.43. The molecule has 4 aromatic rings. The Morgan fingerprint density at radius 1 is 1.32 bits per heavy atom. The predicted molar refractivity (Wildman–Crippen MR) is 117 cm³/mol. The first-order valence-corrected chi connectivity index (χ1v) is 10.4. The lowest BCUT2D eigenvalue weighted by atomic mass is 10.2. The second kappa shape index (κ2) is 9.00. The Bertz CT molecular complexity index is 1280. The van der Waals surface area contributed by atoms with Gasteiger partial charge in [0.05, 0.1) is 29.0 Å². The molecule has 0 saturated carbocycles. The highest BCUT2D eigenvalue weighted by Crippen LogP contribution is 2.32. The van der Waals surface area contributed by atoms with Crippen molar-refractivity contribution in [3.63, 3.8) is 0 Å². The Hall–Kier alpha value is -3.66. The summed E-state index contributed by atoms with van der Waals surface area (Å²) in [6.45, 7) is 6.37. The van der Waals surface area contributed by atoms with Gasteiger partial charge in [0, 0.05) is 6.54 Å². The molecular weight excluding hydrogens is 416 g/mol. The molecule has 1 amide bonds. The lowest BCUT2D eigenvalue weighted by Gasteiger charge is -2.12. The minimum Gasteiger partial charge on any atom is -0.459 e. The number of amides is 1. The zero-order valence-electron chi connectivity index (χ0n) is 16.7. The van der Waals surface area contributed by atoms with Gasteiger partial charge in [-0.2, -0.15) is 0 Å². The van der Waals surface area contributed by atoms with E-state index in [1.165, 1.54) is 18.0 Å². The number of carbonyl (C=O) groups is 1. The number of thioether (sulfide) groups is 1. The zero-order valence-corrected chi connectivity index (χ0v) is 17.6. The van der Waals surface area contributed by atoms with Gasteiger partial charge in [0.1, 0.15) is 5.82 Å². The molecule has 0 aliphatic carbocycles. The van der Waals surface area contributed by atoms with Gasteiger partial charge in [-0.25, -0.2) is 4.98 Å². The minimum absolute atomic E-state index is 0.179. The van der Waals surface area contributed by atoms with E-state index in [1.807, 2.05) is 23.6 Å². The van der Waals surface area contributed by atoms with Gasteiger partial charge < -0.3 is 19.3 Å². The molecular formula is C21H20N6O3S. The molecule has 0 aliphatic rings. The largest absolute Gasteiger partial charge is 0.459 e. The summed E-state index contributed by atoms with van der Waals surface area (Å²) in [6.07, 6.45) is 3.17. The van der Waals surface area contributed by atoms with Crippen molar-refractivity contribution in [2.24, 2.45) is 0 Å². The number of hydrogen-bond donors (Lipinski definition) is 2. The minimum atomic E-state index is -0.335. The van der Waals surface area contributed by atoms with Crippen LogP contribution in [-0.4, -0.2) is 30.6 Å². The van der Waals surface area contributed by atoms with E-state index in [0.29, 0.717) is 34.3 Å². The van der Waals surface area contributed by atoms with Crippen LogP contribution in [0.25, 0.3) is 10.9 Å². The van der Waals surface area contributed by atoms with Crippen LogP contribution in [0, 0.1) is 0 Å². The van der Waals surface area contributed by atoms with Crippen LogP contribution in [0.1, 0.15) is 34.4 Å². The van der Waals surface area contributed by atoms with E-state index in [0.717, 1.165) is 0 Å². The average molecular weight is 436 g/mol. The third-order valence-electron chi connectivity index (χ3n) is 4.56. The molecule has 4 rings (SSSR count). The van der Waals surface area contributed by atoms with Gasteiger partial charge in [0.2, 0.25) is 0 Å². The van der Waals surface area contributed by atoms with Crippen molar-refractivity contribution in [1.82, 2.24) is 30.0 Å². The smallest absolute Gasteiger partial charge is 0.287 e. The molecule has 10 heteroatoms. The molecule has 0 radical (unpaired) electrons. The normalized spacial score (nSPS) is 12.0. The summed E-state index contributed by atoms with van der Waals surface area (Å²) in [5, 5.41) is 12.2.